The molecular formula is C21H24N2O2. The topological polar surface area (TPSA) is 49.4 Å². The standard InChI is InChI=1S/C21H24N2O2/c1-2-20(24)23-18-13-7-6-12-17(18)15-19(23)21(25)22-14-8-11-16-9-4-3-5-10-16/h3-7,9-10,12-13,19H,2,8,11,14-15H2,1H3,(H,22,25)/t19-/m0/s1. The van der Waals surface area contributed by atoms with E-state index in [1.165, 1.54) is 5.56 Å². The smallest absolute Gasteiger partial charge is 0.243 e. The number of hydrogen-bond acceptors (Lipinski definition) is 2. The number of amides is 2. The van der Waals surface area contributed by atoms with Crippen LogP contribution in [0, 0.1) is 0 Å². The van der Waals surface area contributed by atoms with E-state index in [2.05, 4.69) is 17.4 Å². The molecule has 0 radical (unpaired) electrons. The van der Waals surface area contributed by atoms with Crippen LogP contribution in [0.2, 0.25) is 0 Å². The summed E-state index contributed by atoms with van der Waals surface area (Å²) in [5.74, 6) is -0.0690. The quantitative estimate of drug-likeness (QED) is 0.824. The number of carbonyl (C=O) groups excluding carboxylic acids is 2. The molecule has 4 nitrogen and oxygen atoms in total. The molecule has 2 amide bonds. The van der Waals surface area contributed by atoms with Gasteiger partial charge in [-0.2, -0.15) is 0 Å². The van der Waals surface area contributed by atoms with Crippen LogP contribution in [0.25, 0.3) is 0 Å². The van der Waals surface area contributed by atoms with E-state index in [4.69, 9.17) is 0 Å². The van der Waals surface area contributed by atoms with E-state index in [1.807, 2.05) is 49.4 Å². The van der Waals surface area contributed by atoms with Gasteiger partial charge in [0.1, 0.15) is 6.04 Å². The molecule has 25 heavy (non-hydrogen) atoms. The lowest BCUT2D eigenvalue weighted by molar-refractivity contribution is -0.126. The van der Waals surface area contributed by atoms with E-state index in [0.29, 0.717) is 19.4 Å². The summed E-state index contributed by atoms with van der Waals surface area (Å²) in [6, 6.07) is 17.6. The Morgan fingerprint density at radius 3 is 2.56 bits per heavy atom. The van der Waals surface area contributed by atoms with Crippen LogP contribution < -0.4 is 10.2 Å². The van der Waals surface area contributed by atoms with Crippen molar-refractivity contribution in [3.8, 4) is 0 Å². The molecule has 0 saturated carbocycles. The van der Waals surface area contributed by atoms with Gasteiger partial charge in [0, 0.05) is 25.1 Å². The van der Waals surface area contributed by atoms with E-state index >= 15 is 0 Å². The predicted octanol–water partition coefficient (Wildman–Crippen LogP) is 3.10. The third-order valence-electron chi connectivity index (χ3n) is 4.63. The zero-order valence-corrected chi connectivity index (χ0v) is 14.6. The van der Waals surface area contributed by atoms with Crippen molar-refractivity contribution in [3.05, 3.63) is 65.7 Å². The number of aryl methyl sites for hydroxylation is 1. The van der Waals surface area contributed by atoms with Crippen LogP contribution in [0.15, 0.2) is 54.6 Å². The molecule has 0 spiro atoms. The van der Waals surface area contributed by atoms with Gasteiger partial charge in [-0.05, 0) is 30.0 Å². The maximum Gasteiger partial charge on any atom is 0.243 e. The third-order valence-corrected chi connectivity index (χ3v) is 4.63. The van der Waals surface area contributed by atoms with Gasteiger partial charge < -0.3 is 5.32 Å². The number of carbonyl (C=O) groups is 2. The Morgan fingerprint density at radius 2 is 1.80 bits per heavy atom. The van der Waals surface area contributed by atoms with Crippen molar-refractivity contribution in [2.24, 2.45) is 0 Å². The Bertz CT molecular complexity index is 743. The van der Waals surface area contributed by atoms with Gasteiger partial charge in [-0.1, -0.05) is 55.5 Å². The summed E-state index contributed by atoms with van der Waals surface area (Å²) in [5, 5.41) is 3.01. The number of benzene rings is 2. The van der Waals surface area contributed by atoms with E-state index < -0.39 is 6.04 Å². The first-order valence-electron chi connectivity index (χ1n) is 8.92. The highest BCUT2D eigenvalue weighted by Crippen LogP contribution is 2.32. The number of hydrogen-bond donors (Lipinski definition) is 1. The fourth-order valence-electron chi connectivity index (χ4n) is 3.34. The molecule has 130 valence electrons. The highest BCUT2D eigenvalue weighted by molar-refractivity contribution is 6.03. The van der Waals surface area contributed by atoms with Crippen molar-refractivity contribution in [1.82, 2.24) is 5.32 Å². The molecule has 1 atom stereocenters. The molecule has 0 bridgehead atoms. The molecule has 3 rings (SSSR count). The van der Waals surface area contributed by atoms with Crippen molar-refractivity contribution < 1.29 is 9.59 Å². The van der Waals surface area contributed by atoms with Crippen LogP contribution in [-0.2, 0) is 22.4 Å². The molecule has 1 heterocycles. The summed E-state index contributed by atoms with van der Waals surface area (Å²) in [5.41, 5.74) is 3.21. The average molecular weight is 336 g/mol. The zero-order valence-electron chi connectivity index (χ0n) is 14.6. The van der Waals surface area contributed by atoms with Gasteiger partial charge in [0.15, 0.2) is 0 Å². The zero-order chi connectivity index (χ0) is 17.6. The van der Waals surface area contributed by atoms with Crippen molar-refractivity contribution >= 4 is 17.5 Å². The number of nitrogens with zero attached hydrogens (tertiary/aromatic N) is 1. The number of para-hydroxylation sites is 1. The number of nitrogens with one attached hydrogen (secondary N) is 1. The number of anilines is 1. The summed E-state index contributed by atoms with van der Waals surface area (Å²) in [4.78, 5) is 26.7. The van der Waals surface area contributed by atoms with E-state index in [-0.39, 0.29) is 11.8 Å². The summed E-state index contributed by atoms with van der Waals surface area (Å²) in [6.45, 7) is 2.45. The van der Waals surface area contributed by atoms with Crippen LogP contribution in [0.5, 0.6) is 0 Å². The van der Waals surface area contributed by atoms with E-state index in [1.54, 1.807) is 4.90 Å². The van der Waals surface area contributed by atoms with Crippen LogP contribution in [-0.4, -0.2) is 24.4 Å². The first kappa shape index (κ1) is 17.2. The van der Waals surface area contributed by atoms with Crippen LogP contribution in [0.1, 0.15) is 30.9 Å². The lowest BCUT2D eigenvalue weighted by Crippen LogP contribution is -2.48. The van der Waals surface area contributed by atoms with Crippen molar-refractivity contribution in [2.45, 2.75) is 38.6 Å². The SMILES string of the molecule is CCC(=O)N1c2ccccc2C[C@H]1C(=O)NCCCc1ccccc1. The largest absolute Gasteiger partial charge is 0.354 e. The first-order valence-corrected chi connectivity index (χ1v) is 8.92. The second kappa shape index (κ2) is 7.97. The predicted molar refractivity (Wildman–Crippen MR) is 99.5 cm³/mol. The third kappa shape index (κ3) is 3.90. The average Bonchev–Trinajstić information content (AvgIpc) is 3.05. The molecule has 1 aliphatic rings. The highest BCUT2D eigenvalue weighted by atomic mass is 16.2. The highest BCUT2D eigenvalue weighted by Gasteiger charge is 2.37. The fraction of sp³-hybridized carbons (Fsp3) is 0.333. The Kier molecular flexibility index (Phi) is 5.49. The minimum atomic E-state index is -0.429. The monoisotopic (exact) mass is 336 g/mol. The summed E-state index contributed by atoms with van der Waals surface area (Å²) in [6.07, 6.45) is 2.80. The van der Waals surface area contributed by atoms with Gasteiger partial charge in [0.25, 0.3) is 0 Å². The summed E-state index contributed by atoms with van der Waals surface area (Å²) in [7, 11) is 0. The molecule has 0 aliphatic carbocycles. The molecule has 0 aromatic heterocycles. The first-order chi connectivity index (χ1) is 12.2. The van der Waals surface area contributed by atoms with Gasteiger partial charge in [-0.25, -0.2) is 0 Å². The maximum atomic E-state index is 12.7. The molecule has 2 aromatic carbocycles. The number of rotatable bonds is 6. The molecule has 2 aromatic rings. The lowest BCUT2D eigenvalue weighted by atomic mass is 10.1. The minimum absolute atomic E-state index is 0.00520. The van der Waals surface area contributed by atoms with Crippen LogP contribution in [0.4, 0.5) is 5.69 Å². The van der Waals surface area contributed by atoms with Crippen LogP contribution >= 0.6 is 0 Å². The Hall–Kier alpha value is -2.62. The molecule has 0 unspecified atom stereocenters. The van der Waals surface area contributed by atoms with Gasteiger partial charge in [0.2, 0.25) is 11.8 Å². The Labute approximate surface area is 148 Å². The maximum absolute atomic E-state index is 12.7. The second-order valence-corrected chi connectivity index (χ2v) is 6.35. The molecule has 1 aliphatic heterocycles. The van der Waals surface area contributed by atoms with Crippen molar-refractivity contribution in [2.75, 3.05) is 11.4 Å². The van der Waals surface area contributed by atoms with Crippen molar-refractivity contribution in [1.29, 1.82) is 0 Å². The molecule has 0 fully saturated rings. The summed E-state index contributed by atoms with van der Waals surface area (Å²) >= 11 is 0. The van der Waals surface area contributed by atoms with Gasteiger partial charge in [-0.3, -0.25) is 14.5 Å². The summed E-state index contributed by atoms with van der Waals surface area (Å²) < 4.78 is 0. The second-order valence-electron chi connectivity index (χ2n) is 6.35. The van der Waals surface area contributed by atoms with Crippen LogP contribution in [0.3, 0.4) is 0 Å². The van der Waals surface area contributed by atoms with E-state index in [0.717, 1.165) is 24.1 Å². The number of fused-ring (bicyclic) bond motifs is 1. The van der Waals surface area contributed by atoms with Gasteiger partial charge >= 0.3 is 0 Å². The minimum Gasteiger partial charge on any atom is -0.354 e. The van der Waals surface area contributed by atoms with Gasteiger partial charge in [-0.15, -0.1) is 0 Å². The molecule has 4 heteroatoms. The van der Waals surface area contributed by atoms with Gasteiger partial charge in [0.05, 0.1) is 0 Å². The lowest BCUT2D eigenvalue weighted by Gasteiger charge is -2.24. The Morgan fingerprint density at radius 1 is 1.08 bits per heavy atom. The molecule has 0 saturated heterocycles. The van der Waals surface area contributed by atoms with Crippen molar-refractivity contribution in [3.63, 3.8) is 0 Å². The normalized spacial score (nSPS) is 15.7. The van der Waals surface area contributed by atoms with E-state index in [9.17, 15) is 9.59 Å². The Balaban J connectivity index is 1.58. The molecular weight excluding hydrogens is 312 g/mol. The molecule has 1 N–H and O–H groups in total. The fourth-order valence-corrected chi connectivity index (χ4v) is 3.34.